The highest BCUT2D eigenvalue weighted by Gasteiger charge is 2.18. The molecule has 0 saturated carbocycles. The number of ether oxygens (including phenoxy) is 1. The summed E-state index contributed by atoms with van der Waals surface area (Å²) in [5, 5.41) is 13.6. The number of aromatic hydroxyl groups is 1. The minimum atomic E-state index is 0.170. The number of phenolic OH excluding ortho intramolecular Hbond substituents is 1. The van der Waals surface area contributed by atoms with Gasteiger partial charge in [0.15, 0.2) is 0 Å². The van der Waals surface area contributed by atoms with Crippen LogP contribution >= 0.6 is 11.8 Å². The van der Waals surface area contributed by atoms with Gasteiger partial charge in [-0.1, -0.05) is 6.07 Å². The fourth-order valence-corrected chi connectivity index (χ4v) is 3.43. The molecule has 1 unspecified atom stereocenters. The van der Waals surface area contributed by atoms with Crippen LogP contribution in [0.25, 0.3) is 0 Å². The van der Waals surface area contributed by atoms with Crippen LogP contribution in [0.1, 0.15) is 31.4 Å². The number of rotatable bonds is 4. The molecule has 0 radical (unpaired) electrons. The van der Waals surface area contributed by atoms with Gasteiger partial charge in [0.2, 0.25) is 0 Å². The molecule has 0 spiro atoms. The second-order valence-corrected chi connectivity index (χ2v) is 5.92. The van der Waals surface area contributed by atoms with Crippen LogP contribution in [0.5, 0.6) is 11.5 Å². The van der Waals surface area contributed by atoms with Gasteiger partial charge in [0, 0.05) is 23.7 Å². The van der Waals surface area contributed by atoms with Crippen LogP contribution in [-0.4, -0.2) is 29.8 Å². The van der Waals surface area contributed by atoms with Gasteiger partial charge in [0.25, 0.3) is 0 Å². The highest BCUT2D eigenvalue weighted by atomic mass is 32.2. The van der Waals surface area contributed by atoms with Gasteiger partial charge in [-0.15, -0.1) is 0 Å². The topological polar surface area (TPSA) is 41.5 Å². The van der Waals surface area contributed by atoms with Gasteiger partial charge >= 0.3 is 0 Å². The highest BCUT2D eigenvalue weighted by molar-refractivity contribution is 7.99. The van der Waals surface area contributed by atoms with Crippen molar-refractivity contribution in [2.75, 3.05) is 18.6 Å². The number of phenols is 1. The fourth-order valence-electron chi connectivity index (χ4n) is 2.32. The lowest BCUT2D eigenvalue weighted by molar-refractivity contribution is 0.395. The lowest BCUT2D eigenvalue weighted by atomic mass is 10.0. The van der Waals surface area contributed by atoms with Crippen molar-refractivity contribution in [2.24, 2.45) is 0 Å². The Morgan fingerprint density at radius 1 is 1.39 bits per heavy atom. The van der Waals surface area contributed by atoms with Gasteiger partial charge in [0.1, 0.15) is 11.5 Å². The Hall–Kier alpha value is -0.870. The van der Waals surface area contributed by atoms with Crippen molar-refractivity contribution in [1.29, 1.82) is 0 Å². The molecule has 2 rings (SSSR count). The van der Waals surface area contributed by atoms with Crippen molar-refractivity contribution in [3.63, 3.8) is 0 Å². The third-order valence-electron chi connectivity index (χ3n) is 3.41. The zero-order valence-electron chi connectivity index (χ0n) is 11.0. The second-order valence-electron chi connectivity index (χ2n) is 4.70. The van der Waals surface area contributed by atoms with Crippen molar-refractivity contribution in [1.82, 2.24) is 5.32 Å². The normalized spacial score (nSPS) is 18.6. The zero-order chi connectivity index (χ0) is 13.0. The number of thioether (sulfide) groups is 1. The first-order chi connectivity index (χ1) is 8.70. The summed E-state index contributed by atoms with van der Waals surface area (Å²) in [5.41, 5.74) is 0.939. The molecule has 100 valence electrons. The molecule has 1 aliphatic heterocycles. The first-order valence-electron chi connectivity index (χ1n) is 6.41. The molecule has 1 saturated heterocycles. The van der Waals surface area contributed by atoms with E-state index >= 15 is 0 Å². The fraction of sp³-hybridized carbons (Fsp3) is 0.571. The molecular weight excluding hydrogens is 246 g/mol. The first kappa shape index (κ1) is 13.6. The van der Waals surface area contributed by atoms with Gasteiger partial charge in [-0.25, -0.2) is 0 Å². The summed E-state index contributed by atoms with van der Waals surface area (Å²) in [6.45, 7) is 2.10. The monoisotopic (exact) mass is 267 g/mol. The molecule has 1 aromatic carbocycles. The van der Waals surface area contributed by atoms with Crippen molar-refractivity contribution >= 4 is 11.8 Å². The zero-order valence-corrected chi connectivity index (χ0v) is 11.8. The van der Waals surface area contributed by atoms with E-state index in [9.17, 15) is 5.11 Å². The minimum absolute atomic E-state index is 0.170. The van der Waals surface area contributed by atoms with Crippen LogP contribution in [0.4, 0.5) is 0 Å². The van der Waals surface area contributed by atoms with Gasteiger partial charge in [-0.05, 0) is 37.3 Å². The minimum Gasteiger partial charge on any atom is -0.507 e. The van der Waals surface area contributed by atoms with Crippen LogP contribution in [0.2, 0.25) is 0 Å². The summed E-state index contributed by atoms with van der Waals surface area (Å²) in [4.78, 5) is 0. The molecule has 2 N–H and O–H groups in total. The average molecular weight is 267 g/mol. The molecule has 4 heteroatoms. The van der Waals surface area contributed by atoms with Crippen LogP contribution in [0.15, 0.2) is 18.2 Å². The lowest BCUT2D eigenvalue weighted by Crippen LogP contribution is -2.34. The molecule has 0 bridgehead atoms. The Balaban J connectivity index is 2.01. The quantitative estimate of drug-likeness (QED) is 0.880. The van der Waals surface area contributed by atoms with E-state index < -0.39 is 0 Å². The maximum absolute atomic E-state index is 10.00. The van der Waals surface area contributed by atoms with E-state index in [0.717, 1.165) is 5.56 Å². The summed E-state index contributed by atoms with van der Waals surface area (Å²) in [6.07, 6.45) is 2.43. The standard InChI is InChI=1S/C14H21NO2S/c1-10(15-11-5-7-18-8-6-11)13-4-3-12(17-2)9-14(13)16/h3-4,9-11,15-16H,5-8H2,1-2H3. The smallest absolute Gasteiger partial charge is 0.124 e. The predicted molar refractivity (Wildman–Crippen MR) is 76.6 cm³/mol. The Morgan fingerprint density at radius 3 is 2.72 bits per heavy atom. The van der Waals surface area contributed by atoms with Crippen molar-refractivity contribution in [2.45, 2.75) is 31.8 Å². The lowest BCUT2D eigenvalue weighted by Gasteiger charge is -2.27. The van der Waals surface area contributed by atoms with Gasteiger partial charge < -0.3 is 15.2 Å². The molecular formula is C14H21NO2S. The molecule has 18 heavy (non-hydrogen) atoms. The molecule has 1 aliphatic rings. The van der Waals surface area contributed by atoms with Crippen LogP contribution in [-0.2, 0) is 0 Å². The van der Waals surface area contributed by atoms with Crippen LogP contribution in [0, 0.1) is 0 Å². The predicted octanol–water partition coefficient (Wildman–Crippen LogP) is 2.95. The summed E-state index contributed by atoms with van der Waals surface area (Å²) < 4.78 is 5.10. The van der Waals surface area contributed by atoms with E-state index in [1.165, 1.54) is 24.3 Å². The Kier molecular flexibility index (Phi) is 4.78. The van der Waals surface area contributed by atoms with Crippen LogP contribution < -0.4 is 10.1 Å². The van der Waals surface area contributed by atoms with Gasteiger partial charge in [0.05, 0.1) is 7.11 Å². The summed E-state index contributed by atoms with van der Waals surface area (Å²) in [5.74, 6) is 3.47. The third kappa shape index (κ3) is 3.33. The molecule has 1 heterocycles. The Bertz CT molecular complexity index is 391. The molecule has 1 aromatic rings. The number of hydrogen-bond donors (Lipinski definition) is 2. The van der Waals surface area contributed by atoms with E-state index in [4.69, 9.17) is 4.74 Å². The number of methoxy groups -OCH3 is 1. The maximum atomic E-state index is 10.00. The summed E-state index contributed by atoms with van der Waals surface area (Å²) in [7, 11) is 1.61. The number of nitrogens with one attached hydrogen (secondary N) is 1. The van der Waals surface area contributed by atoms with Crippen LogP contribution in [0.3, 0.4) is 0 Å². The van der Waals surface area contributed by atoms with Gasteiger partial charge in [-0.2, -0.15) is 11.8 Å². The highest BCUT2D eigenvalue weighted by Crippen LogP contribution is 2.29. The summed E-state index contributed by atoms with van der Waals surface area (Å²) >= 11 is 2.02. The average Bonchev–Trinajstić information content (AvgIpc) is 2.39. The van der Waals surface area contributed by atoms with E-state index in [-0.39, 0.29) is 6.04 Å². The third-order valence-corrected chi connectivity index (χ3v) is 4.46. The van der Waals surface area contributed by atoms with E-state index in [2.05, 4.69) is 12.2 Å². The maximum Gasteiger partial charge on any atom is 0.124 e. The SMILES string of the molecule is COc1ccc(C(C)NC2CCSCC2)c(O)c1. The van der Waals surface area contributed by atoms with Gasteiger partial charge in [-0.3, -0.25) is 0 Å². The van der Waals surface area contributed by atoms with E-state index in [1.807, 2.05) is 23.9 Å². The number of hydrogen-bond acceptors (Lipinski definition) is 4. The molecule has 0 aliphatic carbocycles. The van der Waals surface area contributed by atoms with Crippen molar-refractivity contribution < 1.29 is 9.84 Å². The van der Waals surface area contributed by atoms with Crippen molar-refractivity contribution in [3.8, 4) is 11.5 Å². The first-order valence-corrected chi connectivity index (χ1v) is 7.57. The number of benzene rings is 1. The Morgan fingerprint density at radius 2 is 2.11 bits per heavy atom. The molecule has 1 fully saturated rings. The second kappa shape index (κ2) is 6.34. The molecule has 1 atom stereocenters. The molecule has 3 nitrogen and oxygen atoms in total. The van der Waals surface area contributed by atoms with Crippen molar-refractivity contribution in [3.05, 3.63) is 23.8 Å². The largest absolute Gasteiger partial charge is 0.507 e. The summed E-state index contributed by atoms with van der Waals surface area (Å²) in [6, 6.07) is 6.24. The molecule has 0 amide bonds. The van der Waals surface area contributed by atoms with E-state index in [1.54, 1.807) is 13.2 Å². The Labute approximate surface area is 113 Å². The molecule has 0 aromatic heterocycles. The van der Waals surface area contributed by atoms with E-state index in [0.29, 0.717) is 17.5 Å².